The van der Waals surface area contributed by atoms with Crippen LogP contribution in [0.2, 0.25) is 0 Å². The number of carbonyl (C=O) groups is 1. The first-order valence-corrected chi connectivity index (χ1v) is 8.08. The Bertz CT molecular complexity index is 475. The summed E-state index contributed by atoms with van der Waals surface area (Å²) in [5.74, 6) is 1.09. The smallest absolute Gasteiger partial charge is 0.311 e. The second-order valence-electron chi connectivity index (χ2n) is 4.73. The van der Waals surface area contributed by atoms with Gasteiger partial charge in [0, 0.05) is 31.3 Å². The molecule has 0 amide bonds. The fourth-order valence-electron chi connectivity index (χ4n) is 2.04. The van der Waals surface area contributed by atoms with E-state index in [2.05, 4.69) is 0 Å². The van der Waals surface area contributed by atoms with Gasteiger partial charge in [0.1, 0.15) is 0 Å². The summed E-state index contributed by atoms with van der Waals surface area (Å²) in [5, 5.41) is 0. The first-order chi connectivity index (χ1) is 10.0. The number of halogens is 2. The SMILES string of the molecule is CCCC(=O)Oc1c(C)ccc(N(CCCl)CCCl)c1N. The number of aryl methyl sites for hydroxylation is 1. The Hall–Kier alpha value is -1.13. The summed E-state index contributed by atoms with van der Waals surface area (Å²) in [7, 11) is 0. The number of anilines is 2. The highest BCUT2D eigenvalue weighted by molar-refractivity contribution is 6.18. The summed E-state index contributed by atoms with van der Waals surface area (Å²) in [5.41, 5.74) is 8.26. The Labute approximate surface area is 136 Å². The lowest BCUT2D eigenvalue weighted by Crippen LogP contribution is -2.28. The van der Waals surface area contributed by atoms with Crippen LogP contribution >= 0.6 is 23.2 Å². The van der Waals surface area contributed by atoms with Crippen LogP contribution in [-0.2, 0) is 4.79 Å². The van der Waals surface area contributed by atoms with E-state index in [1.165, 1.54) is 0 Å². The number of alkyl halides is 2. The van der Waals surface area contributed by atoms with Gasteiger partial charge in [-0.05, 0) is 25.0 Å². The zero-order valence-corrected chi connectivity index (χ0v) is 14.0. The average molecular weight is 333 g/mol. The van der Waals surface area contributed by atoms with Gasteiger partial charge in [0.25, 0.3) is 0 Å². The molecule has 1 aromatic rings. The number of benzene rings is 1. The number of nitrogens with zero attached hydrogens (tertiary/aromatic N) is 1. The molecule has 0 fully saturated rings. The quantitative estimate of drug-likeness (QED) is 0.342. The summed E-state index contributed by atoms with van der Waals surface area (Å²) in [6.07, 6.45) is 1.11. The summed E-state index contributed by atoms with van der Waals surface area (Å²) in [6.45, 7) is 5.05. The molecule has 1 aromatic carbocycles. The normalized spacial score (nSPS) is 10.5. The first kappa shape index (κ1) is 17.9. The van der Waals surface area contributed by atoms with Gasteiger partial charge in [0.2, 0.25) is 0 Å². The molecule has 0 atom stereocenters. The fourth-order valence-corrected chi connectivity index (χ4v) is 2.44. The van der Waals surface area contributed by atoms with Crippen LogP contribution in [0.15, 0.2) is 12.1 Å². The zero-order valence-electron chi connectivity index (χ0n) is 12.5. The molecule has 0 aliphatic carbocycles. The van der Waals surface area contributed by atoms with Crippen LogP contribution in [0.4, 0.5) is 11.4 Å². The topological polar surface area (TPSA) is 55.6 Å². The van der Waals surface area contributed by atoms with Crippen LogP contribution in [0.3, 0.4) is 0 Å². The van der Waals surface area contributed by atoms with Gasteiger partial charge in [0.15, 0.2) is 5.75 Å². The fraction of sp³-hybridized carbons (Fsp3) is 0.533. The summed E-state index contributed by atoms with van der Waals surface area (Å²) >= 11 is 11.6. The van der Waals surface area contributed by atoms with Gasteiger partial charge in [-0.25, -0.2) is 0 Å². The van der Waals surface area contributed by atoms with E-state index < -0.39 is 0 Å². The minimum atomic E-state index is -0.273. The van der Waals surface area contributed by atoms with Gasteiger partial charge in [-0.3, -0.25) is 4.79 Å². The molecule has 0 aliphatic rings. The van der Waals surface area contributed by atoms with Gasteiger partial charge < -0.3 is 15.4 Å². The number of hydrogen-bond donors (Lipinski definition) is 1. The molecule has 0 saturated heterocycles. The van der Waals surface area contributed by atoms with Gasteiger partial charge >= 0.3 is 5.97 Å². The van der Waals surface area contributed by atoms with Crippen molar-refractivity contribution in [2.45, 2.75) is 26.7 Å². The third-order valence-electron chi connectivity index (χ3n) is 3.09. The highest BCUT2D eigenvalue weighted by Crippen LogP contribution is 2.35. The molecular weight excluding hydrogens is 311 g/mol. The lowest BCUT2D eigenvalue weighted by Gasteiger charge is -2.26. The largest absolute Gasteiger partial charge is 0.424 e. The molecule has 0 radical (unpaired) electrons. The monoisotopic (exact) mass is 332 g/mol. The summed E-state index contributed by atoms with van der Waals surface area (Å²) in [4.78, 5) is 13.7. The molecule has 0 unspecified atom stereocenters. The van der Waals surface area contributed by atoms with Crippen molar-refractivity contribution in [2.24, 2.45) is 0 Å². The van der Waals surface area contributed by atoms with Crippen molar-refractivity contribution in [3.63, 3.8) is 0 Å². The van der Waals surface area contributed by atoms with Gasteiger partial charge in [0.05, 0.1) is 11.4 Å². The number of hydrogen-bond acceptors (Lipinski definition) is 4. The van der Waals surface area contributed by atoms with E-state index in [4.69, 9.17) is 33.7 Å². The molecule has 0 saturated carbocycles. The lowest BCUT2D eigenvalue weighted by atomic mass is 10.1. The van der Waals surface area contributed by atoms with Gasteiger partial charge in [-0.2, -0.15) is 0 Å². The van der Waals surface area contributed by atoms with E-state index >= 15 is 0 Å². The highest BCUT2D eigenvalue weighted by atomic mass is 35.5. The van der Waals surface area contributed by atoms with Crippen LogP contribution in [-0.4, -0.2) is 30.8 Å². The maximum atomic E-state index is 11.7. The average Bonchev–Trinajstić information content (AvgIpc) is 2.44. The Morgan fingerprint density at radius 1 is 1.29 bits per heavy atom. The number of nitrogen functional groups attached to an aromatic ring is 1. The van der Waals surface area contributed by atoms with Crippen LogP contribution in [0.25, 0.3) is 0 Å². The van der Waals surface area contributed by atoms with Crippen molar-refractivity contribution in [3.8, 4) is 5.75 Å². The molecule has 2 N–H and O–H groups in total. The van der Waals surface area contributed by atoms with Gasteiger partial charge in [-0.15, -0.1) is 23.2 Å². The second kappa shape index (κ2) is 9.00. The molecule has 0 spiro atoms. The number of nitrogens with two attached hydrogens (primary N) is 1. The van der Waals surface area contributed by atoms with E-state index in [-0.39, 0.29) is 5.97 Å². The standard InChI is InChI=1S/C15H22Cl2N2O2/c1-3-4-13(20)21-15-11(2)5-6-12(14(15)18)19(9-7-16)10-8-17/h5-6H,3-4,7-10,18H2,1-2H3. The van der Waals surface area contributed by atoms with Crippen LogP contribution in [0, 0.1) is 6.92 Å². The lowest BCUT2D eigenvalue weighted by molar-refractivity contribution is -0.134. The van der Waals surface area contributed by atoms with E-state index in [0.717, 1.165) is 17.7 Å². The molecule has 6 heteroatoms. The Morgan fingerprint density at radius 3 is 2.43 bits per heavy atom. The second-order valence-corrected chi connectivity index (χ2v) is 5.49. The zero-order chi connectivity index (χ0) is 15.8. The van der Waals surface area contributed by atoms with Crippen molar-refractivity contribution >= 4 is 40.5 Å². The minimum Gasteiger partial charge on any atom is -0.424 e. The molecule has 4 nitrogen and oxygen atoms in total. The molecule has 118 valence electrons. The predicted molar refractivity (Wildman–Crippen MR) is 89.8 cm³/mol. The first-order valence-electron chi connectivity index (χ1n) is 7.01. The van der Waals surface area contributed by atoms with Crippen LogP contribution in [0.1, 0.15) is 25.3 Å². The molecular formula is C15H22Cl2N2O2. The van der Waals surface area contributed by atoms with E-state index in [1.54, 1.807) is 0 Å². The maximum absolute atomic E-state index is 11.7. The highest BCUT2D eigenvalue weighted by Gasteiger charge is 2.17. The number of rotatable bonds is 8. The van der Waals surface area contributed by atoms with E-state index in [9.17, 15) is 4.79 Å². The van der Waals surface area contributed by atoms with Crippen molar-refractivity contribution in [3.05, 3.63) is 17.7 Å². The van der Waals surface area contributed by atoms with Crippen molar-refractivity contribution in [1.82, 2.24) is 0 Å². The summed E-state index contributed by atoms with van der Waals surface area (Å²) in [6, 6.07) is 3.79. The molecule has 1 rings (SSSR count). The molecule has 0 aromatic heterocycles. The third kappa shape index (κ3) is 4.97. The third-order valence-corrected chi connectivity index (χ3v) is 3.43. The number of carbonyl (C=O) groups excluding carboxylic acids is 1. The Kier molecular flexibility index (Phi) is 7.68. The Morgan fingerprint density at radius 2 is 1.90 bits per heavy atom. The predicted octanol–water partition coefficient (Wildman–Crippen LogP) is 3.57. The molecule has 0 bridgehead atoms. The molecule has 21 heavy (non-hydrogen) atoms. The number of ether oxygens (including phenoxy) is 1. The van der Waals surface area contributed by atoms with Crippen molar-refractivity contribution < 1.29 is 9.53 Å². The maximum Gasteiger partial charge on any atom is 0.311 e. The summed E-state index contributed by atoms with van der Waals surface area (Å²) < 4.78 is 5.41. The molecule has 0 aliphatic heterocycles. The Balaban J connectivity index is 3.09. The van der Waals surface area contributed by atoms with Crippen molar-refractivity contribution in [1.29, 1.82) is 0 Å². The van der Waals surface area contributed by atoms with Crippen LogP contribution < -0.4 is 15.4 Å². The minimum absolute atomic E-state index is 0.273. The van der Waals surface area contributed by atoms with Crippen molar-refractivity contribution in [2.75, 3.05) is 35.5 Å². The molecule has 0 heterocycles. The van der Waals surface area contributed by atoms with E-state index in [0.29, 0.717) is 42.7 Å². The van der Waals surface area contributed by atoms with E-state index in [1.807, 2.05) is 30.9 Å². The number of esters is 1. The van der Waals surface area contributed by atoms with Crippen LogP contribution in [0.5, 0.6) is 5.75 Å². The van der Waals surface area contributed by atoms with Gasteiger partial charge in [-0.1, -0.05) is 13.0 Å².